The zero-order valence-electron chi connectivity index (χ0n) is 14.4. The SMILES string of the molecule is CN(CC#N)C(=O)c1sc(-c2ccccc2)cc1OCc1ccccc1. The molecule has 1 aromatic heterocycles. The number of hydrogen-bond donors (Lipinski definition) is 0. The normalized spacial score (nSPS) is 10.2. The van der Waals surface area contributed by atoms with Crippen molar-refractivity contribution < 1.29 is 9.53 Å². The van der Waals surface area contributed by atoms with Crippen LogP contribution in [0, 0.1) is 11.3 Å². The summed E-state index contributed by atoms with van der Waals surface area (Å²) >= 11 is 1.38. The molecule has 1 amide bonds. The van der Waals surface area contributed by atoms with Gasteiger partial charge in [0.1, 0.15) is 23.8 Å². The van der Waals surface area contributed by atoms with Crippen molar-refractivity contribution in [2.75, 3.05) is 13.6 Å². The second-order valence-electron chi connectivity index (χ2n) is 5.76. The zero-order valence-corrected chi connectivity index (χ0v) is 15.2. The van der Waals surface area contributed by atoms with E-state index in [-0.39, 0.29) is 12.5 Å². The van der Waals surface area contributed by atoms with E-state index in [9.17, 15) is 4.79 Å². The van der Waals surface area contributed by atoms with E-state index in [0.717, 1.165) is 16.0 Å². The first-order chi connectivity index (χ1) is 12.7. The van der Waals surface area contributed by atoms with Crippen molar-refractivity contribution in [2.45, 2.75) is 6.61 Å². The summed E-state index contributed by atoms with van der Waals surface area (Å²) in [5, 5.41) is 8.87. The number of nitrogens with zero attached hydrogens (tertiary/aromatic N) is 2. The summed E-state index contributed by atoms with van der Waals surface area (Å²) in [7, 11) is 1.62. The molecule has 0 saturated heterocycles. The Kier molecular flexibility index (Phi) is 5.67. The summed E-state index contributed by atoms with van der Waals surface area (Å²) in [4.78, 5) is 15.6. The molecular formula is C21H18N2O2S. The van der Waals surface area contributed by atoms with Gasteiger partial charge in [0.05, 0.1) is 6.07 Å². The van der Waals surface area contributed by atoms with Gasteiger partial charge in [-0.3, -0.25) is 4.79 Å². The summed E-state index contributed by atoms with van der Waals surface area (Å²) in [6, 6.07) is 23.6. The molecule has 3 rings (SSSR count). The smallest absolute Gasteiger partial charge is 0.268 e. The van der Waals surface area contributed by atoms with Gasteiger partial charge in [-0.15, -0.1) is 11.3 Å². The fraction of sp³-hybridized carbons (Fsp3) is 0.143. The fourth-order valence-corrected chi connectivity index (χ4v) is 3.56. The lowest BCUT2D eigenvalue weighted by Gasteiger charge is -2.13. The van der Waals surface area contributed by atoms with Gasteiger partial charge in [0.15, 0.2) is 0 Å². The van der Waals surface area contributed by atoms with Crippen LogP contribution >= 0.6 is 11.3 Å². The molecule has 0 unspecified atom stereocenters. The number of hydrogen-bond acceptors (Lipinski definition) is 4. The van der Waals surface area contributed by atoms with Crippen LogP contribution in [-0.2, 0) is 6.61 Å². The molecule has 0 saturated carbocycles. The van der Waals surface area contributed by atoms with Crippen LogP contribution in [0.15, 0.2) is 66.7 Å². The highest BCUT2D eigenvalue weighted by Crippen LogP contribution is 2.37. The van der Waals surface area contributed by atoms with Crippen molar-refractivity contribution >= 4 is 17.2 Å². The number of amides is 1. The van der Waals surface area contributed by atoms with E-state index in [0.29, 0.717) is 17.2 Å². The molecule has 0 aliphatic rings. The van der Waals surface area contributed by atoms with Gasteiger partial charge >= 0.3 is 0 Å². The minimum absolute atomic E-state index is 0.0372. The van der Waals surface area contributed by atoms with E-state index in [4.69, 9.17) is 10.00 Å². The highest BCUT2D eigenvalue weighted by molar-refractivity contribution is 7.17. The van der Waals surface area contributed by atoms with Gasteiger partial charge < -0.3 is 9.64 Å². The minimum Gasteiger partial charge on any atom is -0.487 e. The maximum atomic E-state index is 12.7. The van der Waals surface area contributed by atoms with Crippen molar-refractivity contribution in [3.63, 3.8) is 0 Å². The van der Waals surface area contributed by atoms with Crippen LogP contribution in [0.5, 0.6) is 5.75 Å². The molecule has 2 aromatic carbocycles. The standard InChI is InChI=1S/C21H18N2O2S/c1-23(13-12-22)21(24)20-18(25-15-16-8-4-2-5-9-16)14-19(26-20)17-10-6-3-7-11-17/h2-11,14H,13,15H2,1H3. The van der Waals surface area contributed by atoms with E-state index < -0.39 is 0 Å². The molecular weight excluding hydrogens is 344 g/mol. The number of carbonyl (C=O) groups is 1. The summed E-state index contributed by atoms with van der Waals surface area (Å²) in [6.45, 7) is 0.420. The molecule has 0 aliphatic heterocycles. The average molecular weight is 362 g/mol. The number of ether oxygens (including phenoxy) is 1. The minimum atomic E-state index is -0.207. The summed E-state index contributed by atoms with van der Waals surface area (Å²) in [5.74, 6) is 0.342. The highest BCUT2D eigenvalue weighted by atomic mass is 32.1. The average Bonchev–Trinajstić information content (AvgIpc) is 3.11. The van der Waals surface area contributed by atoms with E-state index in [2.05, 4.69) is 0 Å². The van der Waals surface area contributed by atoms with E-state index in [1.54, 1.807) is 7.05 Å². The quantitative estimate of drug-likeness (QED) is 0.603. The van der Waals surface area contributed by atoms with Crippen LogP contribution in [0.4, 0.5) is 0 Å². The molecule has 26 heavy (non-hydrogen) atoms. The number of thiophene rings is 1. The molecule has 4 nitrogen and oxygen atoms in total. The Morgan fingerprint density at radius 3 is 2.42 bits per heavy atom. The van der Waals surface area contributed by atoms with Crippen molar-refractivity contribution in [1.29, 1.82) is 5.26 Å². The number of carbonyl (C=O) groups excluding carboxylic acids is 1. The Hall–Kier alpha value is -3.10. The van der Waals surface area contributed by atoms with Gasteiger partial charge in [0.25, 0.3) is 5.91 Å². The molecule has 1 heterocycles. The summed E-state index contributed by atoms with van der Waals surface area (Å²) < 4.78 is 5.95. The summed E-state index contributed by atoms with van der Waals surface area (Å²) in [6.07, 6.45) is 0. The van der Waals surface area contributed by atoms with Crippen molar-refractivity contribution in [3.05, 3.63) is 77.2 Å². The number of rotatable bonds is 6. The second kappa shape index (κ2) is 8.32. The molecule has 0 radical (unpaired) electrons. The lowest BCUT2D eigenvalue weighted by atomic mass is 10.2. The molecule has 130 valence electrons. The highest BCUT2D eigenvalue weighted by Gasteiger charge is 2.21. The molecule has 3 aromatic rings. The zero-order chi connectivity index (χ0) is 18.4. The van der Waals surface area contributed by atoms with Crippen LogP contribution in [0.2, 0.25) is 0 Å². The third-order valence-electron chi connectivity index (χ3n) is 3.84. The Balaban J connectivity index is 1.91. The molecule has 0 spiro atoms. The van der Waals surface area contributed by atoms with Crippen LogP contribution in [0.25, 0.3) is 10.4 Å². The van der Waals surface area contributed by atoms with Crippen LogP contribution in [0.1, 0.15) is 15.2 Å². The van der Waals surface area contributed by atoms with Crippen molar-refractivity contribution in [3.8, 4) is 22.3 Å². The van der Waals surface area contributed by atoms with Gasteiger partial charge in [0.2, 0.25) is 0 Å². The predicted molar refractivity (Wildman–Crippen MR) is 103 cm³/mol. The molecule has 5 heteroatoms. The van der Waals surface area contributed by atoms with Crippen molar-refractivity contribution in [2.24, 2.45) is 0 Å². The second-order valence-corrected chi connectivity index (χ2v) is 6.82. The lowest BCUT2D eigenvalue weighted by Crippen LogP contribution is -2.26. The van der Waals surface area contributed by atoms with Gasteiger partial charge in [-0.2, -0.15) is 5.26 Å². The summed E-state index contributed by atoms with van der Waals surface area (Å²) in [5.41, 5.74) is 2.06. The van der Waals surface area contributed by atoms with Crippen LogP contribution in [0.3, 0.4) is 0 Å². The largest absolute Gasteiger partial charge is 0.487 e. The Morgan fingerprint density at radius 2 is 1.77 bits per heavy atom. The van der Waals surface area contributed by atoms with Crippen molar-refractivity contribution in [1.82, 2.24) is 4.90 Å². The molecule has 0 atom stereocenters. The predicted octanol–water partition coefficient (Wildman–Crippen LogP) is 4.59. The van der Waals surface area contributed by atoms with Gasteiger partial charge in [-0.05, 0) is 17.2 Å². The maximum absolute atomic E-state index is 12.7. The molecule has 0 aliphatic carbocycles. The first-order valence-corrected chi connectivity index (χ1v) is 8.99. The fourth-order valence-electron chi connectivity index (χ4n) is 2.46. The topological polar surface area (TPSA) is 53.3 Å². The molecule has 0 N–H and O–H groups in total. The Morgan fingerprint density at radius 1 is 1.12 bits per heavy atom. The lowest BCUT2D eigenvalue weighted by molar-refractivity contribution is 0.0812. The Bertz CT molecular complexity index is 914. The third kappa shape index (κ3) is 4.11. The Labute approximate surface area is 156 Å². The number of benzene rings is 2. The van der Waals surface area contributed by atoms with Crippen LogP contribution < -0.4 is 4.74 Å². The maximum Gasteiger partial charge on any atom is 0.268 e. The van der Waals surface area contributed by atoms with Gasteiger partial charge in [0, 0.05) is 11.9 Å². The first-order valence-electron chi connectivity index (χ1n) is 8.17. The van der Waals surface area contributed by atoms with E-state index in [1.165, 1.54) is 16.2 Å². The van der Waals surface area contributed by atoms with E-state index >= 15 is 0 Å². The van der Waals surface area contributed by atoms with Crippen LogP contribution in [-0.4, -0.2) is 24.4 Å². The monoisotopic (exact) mass is 362 g/mol. The molecule has 0 bridgehead atoms. The first kappa shape index (κ1) is 17.7. The van der Waals surface area contributed by atoms with Gasteiger partial charge in [-0.1, -0.05) is 60.7 Å². The van der Waals surface area contributed by atoms with E-state index in [1.807, 2.05) is 72.8 Å². The van der Waals surface area contributed by atoms with Gasteiger partial charge in [-0.25, -0.2) is 0 Å². The number of nitriles is 1. The molecule has 0 fully saturated rings. The third-order valence-corrected chi connectivity index (χ3v) is 5.00.